The Morgan fingerprint density at radius 1 is 0.840 bits per heavy atom. The van der Waals surface area contributed by atoms with Crippen molar-refractivity contribution in [3.8, 4) is 0 Å². The van der Waals surface area contributed by atoms with Gasteiger partial charge in [0.1, 0.15) is 0 Å². The molecule has 1 heterocycles. The number of ether oxygens (including phenoxy) is 1. The number of amides is 2. The molecule has 2 aromatic rings. The maximum atomic E-state index is 12.7. The first-order chi connectivity index (χ1) is 12.2. The van der Waals surface area contributed by atoms with Crippen LogP contribution in [0.2, 0.25) is 0 Å². The maximum absolute atomic E-state index is 12.7. The molecule has 1 aliphatic heterocycles. The summed E-state index contributed by atoms with van der Waals surface area (Å²) in [5.41, 5.74) is 1.67. The van der Waals surface area contributed by atoms with Gasteiger partial charge in [-0.3, -0.25) is 0 Å². The van der Waals surface area contributed by atoms with E-state index in [-0.39, 0.29) is 0 Å². The van der Waals surface area contributed by atoms with Gasteiger partial charge in [-0.2, -0.15) is 0 Å². The van der Waals surface area contributed by atoms with Gasteiger partial charge in [-0.05, 0) is 24.0 Å². The zero-order valence-corrected chi connectivity index (χ0v) is 13.7. The Morgan fingerprint density at radius 2 is 1.32 bits per heavy atom. The first kappa shape index (κ1) is 16.8. The van der Waals surface area contributed by atoms with E-state index in [1.54, 1.807) is 0 Å². The lowest BCUT2D eigenvalue weighted by atomic mass is 10.0. The molecule has 0 spiro atoms. The number of carboxylic acid groups (broad SMARTS) is 1. The zero-order chi connectivity index (χ0) is 17.6. The summed E-state index contributed by atoms with van der Waals surface area (Å²) in [5, 5.41) is 11.5. The van der Waals surface area contributed by atoms with Crippen LogP contribution in [-0.4, -0.2) is 40.4 Å². The highest BCUT2D eigenvalue weighted by Crippen LogP contribution is 2.27. The van der Waals surface area contributed by atoms with Crippen molar-refractivity contribution in [1.29, 1.82) is 0 Å². The van der Waals surface area contributed by atoms with Gasteiger partial charge in [-0.25, -0.2) is 19.6 Å². The lowest BCUT2D eigenvalue weighted by Gasteiger charge is -2.36. The van der Waals surface area contributed by atoms with Crippen LogP contribution in [-0.2, 0) is 4.74 Å². The predicted octanol–water partition coefficient (Wildman–Crippen LogP) is 3.90. The molecule has 1 saturated heterocycles. The molecule has 130 valence electrons. The monoisotopic (exact) mass is 340 g/mol. The molecule has 0 unspecified atom stereocenters. The number of hydrogen-bond donors (Lipinski definition) is 1. The second kappa shape index (κ2) is 7.70. The second-order valence-corrected chi connectivity index (χ2v) is 5.82. The van der Waals surface area contributed by atoms with E-state index in [2.05, 4.69) is 0 Å². The number of rotatable bonds is 3. The summed E-state index contributed by atoms with van der Waals surface area (Å²) in [4.78, 5) is 24.0. The van der Waals surface area contributed by atoms with E-state index in [0.29, 0.717) is 13.1 Å². The largest absolute Gasteiger partial charge is 0.464 e. The van der Waals surface area contributed by atoms with Crippen molar-refractivity contribution in [3.05, 3.63) is 71.8 Å². The van der Waals surface area contributed by atoms with Gasteiger partial charge in [0.05, 0.1) is 0 Å². The van der Waals surface area contributed by atoms with Crippen LogP contribution in [0.1, 0.15) is 30.1 Å². The van der Waals surface area contributed by atoms with E-state index >= 15 is 0 Å². The Balaban J connectivity index is 1.85. The van der Waals surface area contributed by atoms with Gasteiger partial charge in [0.25, 0.3) is 0 Å². The number of hydrogen-bond acceptors (Lipinski definition) is 3. The Kier molecular flexibility index (Phi) is 5.18. The van der Waals surface area contributed by atoms with Crippen molar-refractivity contribution in [2.45, 2.75) is 18.9 Å². The van der Waals surface area contributed by atoms with Crippen molar-refractivity contribution in [2.75, 3.05) is 13.1 Å². The number of benzene rings is 2. The fourth-order valence-electron chi connectivity index (χ4n) is 2.90. The Bertz CT molecular complexity index is 681. The van der Waals surface area contributed by atoms with E-state index in [9.17, 15) is 14.7 Å². The number of hydrazine groups is 1. The average Bonchev–Trinajstić information content (AvgIpc) is 2.67. The fourth-order valence-corrected chi connectivity index (χ4v) is 2.90. The third-order valence-electron chi connectivity index (χ3n) is 4.14. The van der Waals surface area contributed by atoms with Crippen molar-refractivity contribution in [3.63, 3.8) is 0 Å². The highest BCUT2D eigenvalue weighted by atomic mass is 16.6. The molecule has 1 N–H and O–H groups in total. The summed E-state index contributed by atoms with van der Waals surface area (Å²) in [5.74, 6) is 0. The lowest BCUT2D eigenvalue weighted by Crippen LogP contribution is -2.53. The van der Waals surface area contributed by atoms with Gasteiger partial charge in [0, 0.05) is 13.1 Å². The van der Waals surface area contributed by atoms with Crippen LogP contribution in [0.4, 0.5) is 9.59 Å². The van der Waals surface area contributed by atoms with Gasteiger partial charge in [0.2, 0.25) is 0 Å². The van der Waals surface area contributed by atoms with Crippen LogP contribution < -0.4 is 0 Å². The second-order valence-electron chi connectivity index (χ2n) is 5.82. The van der Waals surface area contributed by atoms with Crippen molar-refractivity contribution in [2.24, 2.45) is 0 Å². The van der Waals surface area contributed by atoms with E-state index in [0.717, 1.165) is 29.0 Å². The average molecular weight is 340 g/mol. The van der Waals surface area contributed by atoms with Gasteiger partial charge in [-0.1, -0.05) is 60.7 Å². The van der Waals surface area contributed by atoms with E-state index in [1.165, 1.54) is 5.01 Å². The lowest BCUT2D eigenvalue weighted by molar-refractivity contribution is -0.0356. The number of carbonyl (C=O) groups is 2. The third-order valence-corrected chi connectivity index (χ3v) is 4.14. The molecule has 1 aliphatic rings. The molecule has 2 amide bonds. The zero-order valence-electron chi connectivity index (χ0n) is 13.7. The Morgan fingerprint density at radius 3 is 1.80 bits per heavy atom. The van der Waals surface area contributed by atoms with Gasteiger partial charge in [0.15, 0.2) is 6.10 Å². The van der Waals surface area contributed by atoms with E-state index < -0.39 is 18.3 Å². The standard InChI is InChI=1S/C19H20N2O4/c22-18(23)20-13-7-8-14-21(20)19(24)25-17(15-9-3-1-4-10-15)16-11-5-2-6-12-16/h1-6,9-12,17H,7-8,13-14H2,(H,22,23). The minimum absolute atomic E-state index is 0.297. The van der Waals surface area contributed by atoms with Crippen molar-refractivity contribution in [1.82, 2.24) is 10.0 Å². The predicted molar refractivity (Wildman–Crippen MR) is 91.9 cm³/mol. The molecule has 0 saturated carbocycles. The van der Waals surface area contributed by atoms with Gasteiger partial charge in [-0.15, -0.1) is 0 Å². The highest BCUT2D eigenvalue weighted by Gasteiger charge is 2.31. The van der Waals surface area contributed by atoms with Crippen LogP contribution in [0.15, 0.2) is 60.7 Å². The van der Waals surface area contributed by atoms with Crippen molar-refractivity contribution >= 4 is 12.2 Å². The quantitative estimate of drug-likeness (QED) is 0.920. The molecule has 6 nitrogen and oxygen atoms in total. The topological polar surface area (TPSA) is 70.1 Å². The molecule has 3 rings (SSSR count). The van der Waals surface area contributed by atoms with Gasteiger partial charge < -0.3 is 9.84 Å². The summed E-state index contributed by atoms with van der Waals surface area (Å²) in [7, 11) is 0. The molecule has 0 aromatic heterocycles. The van der Waals surface area contributed by atoms with Crippen molar-refractivity contribution < 1.29 is 19.4 Å². The molecule has 0 radical (unpaired) electrons. The van der Waals surface area contributed by atoms with Crippen LogP contribution in [0.5, 0.6) is 0 Å². The smallest absolute Gasteiger partial charge is 0.429 e. The number of nitrogens with zero attached hydrogens (tertiary/aromatic N) is 2. The summed E-state index contributed by atoms with van der Waals surface area (Å²) in [6, 6.07) is 18.8. The molecule has 0 atom stereocenters. The molecular formula is C19H20N2O4. The first-order valence-corrected chi connectivity index (χ1v) is 8.25. The first-order valence-electron chi connectivity index (χ1n) is 8.25. The molecule has 0 bridgehead atoms. The van der Waals surface area contributed by atoms with Crippen LogP contribution in [0.25, 0.3) is 0 Å². The molecule has 6 heteroatoms. The summed E-state index contributed by atoms with van der Waals surface area (Å²) in [6.45, 7) is 0.632. The van der Waals surface area contributed by atoms with Gasteiger partial charge >= 0.3 is 12.2 Å². The normalized spacial score (nSPS) is 14.4. The van der Waals surface area contributed by atoms with Crippen LogP contribution in [0.3, 0.4) is 0 Å². The van der Waals surface area contributed by atoms with E-state index in [4.69, 9.17) is 4.74 Å². The molecule has 0 aliphatic carbocycles. The summed E-state index contributed by atoms with van der Waals surface area (Å²) in [6.07, 6.45) is -0.906. The highest BCUT2D eigenvalue weighted by molar-refractivity contribution is 5.73. The minimum Gasteiger partial charge on any atom is -0.464 e. The minimum atomic E-state index is -1.15. The molecule has 25 heavy (non-hydrogen) atoms. The van der Waals surface area contributed by atoms with Crippen LogP contribution >= 0.6 is 0 Å². The van der Waals surface area contributed by atoms with Crippen LogP contribution in [0, 0.1) is 0 Å². The molecular weight excluding hydrogens is 320 g/mol. The Labute approximate surface area is 146 Å². The SMILES string of the molecule is O=C(O)N1CCCCN1C(=O)OC(c1ccccc1)c1ccccc1. The fraction of sp³-hybridized carbons (Fsp3) is 0.263. The van der Waals surface area contributed by atoms with E-state index in [1.807, 2.05) is 60.7 Å². The molecule has 2 aromatic carbocycles. The third kappa shape index (κ3) is 3.91. The number of carbonyl (C=O) groups excluding carboxylic acids is 1. The summed E-state index contributed by atoms with van der Waals surface area (Å²) >= 11 is 0. The maximum Gasteiger partial charge on any atom is 0.429 e. The summed E-state index contributed by atoms with van der Waals surface area (Å²) < 4.78 is 5.72. The Hall–Kier alpha value is -3.02. The molecule has 1 fully saturated rings.